The lowest BCUT2D eigenvalue weighted by atomic mass is 9.92. The summed E-state index contributed by atoms with van der Waals surface area (Å²) in [6, 6.07) is 4.31. The summed E-state index contributed by atoms with van der Waals surface area (Å²) in [6.07, 6.45) is 5.42. The van der Waals surface area contributed by atoms with Crippen molar-refractivity contribution < 1.29 is 4.42 Å². The van der Waals surface area contributed by atoms with Gasteiger partial charge in [0.05, 0.1) is 12.3 Å². The van der Waals surface area contributed by atoms with Crippen LogP contribution in [-0.2, 0) is 0 Å². The molecule has 1 aliphatic rings. The van der Waals surface area contributed by atoms with Gasteiger partial charge in [-0.1, -0.05) is 20.8 Å². The van der Waals surface area contributed by atoms with E-state index in [1.807, 2.05) is 13.1 Å². The van der Waals surface area contributed by atoms with Crippen LogP contribution >= 0.6 is 24.0 Å². The van der Waals surface area contributed by atoms with Crippen LogP contribution in [-0.4, -0.2) is 44.1 Å². The monoisotopic (exact) mass is 448 g/mol. The number of furan rings is 1. The van der Waals surface area contributed by atoms with Crippen LogP contribution in [0.4, 0.5) is 0 Å². The Balaban J connectivity index is 0.00000288. The summed E-state index contributed by atoms with van der Waals surface area (Å²) in [7, 11) is 1.82. The molecule has 1 aromatic rings. The number of likely N-dealkylation sites (tertiary alicyclic amines) is 1. The SMILES string of the molecule is CN=C(NCCC(C)(C)C)NCC(c1ccco1)N1CCCC1.I. The van der Waals surface area contributed by atoms with Crippen LogP contribution in [0, 0.1) is 5.41 Å². The predicted octanol–water partition coefficient (Wildman–Crippen LogP) is 3.64. The highest BCUT2D eigenvalue weighted by Gasteiger charge is 2.25. The Morgan fingerprint density at radius 2 is 2.00 bits per heavy atom. The predicted molar refractivity (Wildman–Crippen MR) is 111 cm³/mol. The molecule has 1 aliphatic heterocycles. The van der Waals surface area contributed by atoms with Gasteiger partial charge in [0.2, 0.25) is 0 Å². The van der Waals surface area contributed by atoms with Crippen molar-refractivity contribution in [2.75, 3.05) is 33.2 Å². The molecular weight excluding hydrogens is 415 g/mol. The summed E-state index contributed by atoms with van der Waals surface area (Å²) in [5.41, 5.74) is 0.331. The molecule has 0 aliphatic carbocycles. The fraction of sp³-hybridized carbons (Fsp3) is 0.722. The summed E-state index contributed by atoms with van der Waals surface area (Å²) in [5, 5.41) is 6.87. The lowest BCUT2D eigenvalue weighted by Crippen LogP contribution is -2.43. The highest BCUT2D eigenvalue weighted by Crippen LogP contribution is 2.24. The van der Waals surface area contributed by atoms with Crippen LogP contribution < -0.4 is 10.6 Å². The molecule has 138 valence electrons. The topological polar surface area (TPSA) is 52.8 Å². The quantitative estimate of drug-likeness (QED) is 0.397. The molecule has 2 rings (SSSR count). The molecule has 1 unspecified atom stereocenters. The smallest absolute Gasteiger partial charge is 0.191 e. The Kier molecular flexibility index (Phi) is 9.12. The Labute approximate surface area is 163 Å². The Morgan fingerprint density at radius 1 is 1.29 bits per heavy atom. The number of halogens is 1. The minimum Gasteiger partial charge on any atom is -0.468 e. The summed E-state index contributed by atoms with van der Waals surface area (Å²) >= 11 is 0. The normalized spacial score (nSPS) is 17.4. The Hall–Kier alpha value is -0.760. The Bertz CT molecular complexity index is 476. The van der Waals surface area contributed by atoms with E-state index in [9.17, 15) is 0 Å². The first kappa shape index (κ1) is 21.3. The average Bonchev–Trinajstić information content (AvgIpc) is 3.18. The maximum Gasteiger partial charge on any atom is 0.191 e. The number of aliphatic imine (C=N–C) groups is 1. The van der Waals surface area contributed by atoms with E-state index >= 15 is 0 Å². The second-order valence-electron chi connectivity index (χ2n) is 7.46. The molecule has 24 heavy (non-hydrogen) atoms. The number of hydrogen-bond donors (Lipinski definition) is 2. The van der Waals surface area contributed by atoms with Gasteiger partial charge < -0.3 is 15.1 Å². The lowest BCUT2D eigenvalue weighted by Gasteiger charge is -2.27. The first-order chi connectivity index (χ1) is 11.0. The zero-order chi connectivity index (χ0) is 16.7. The van der Waals surface area contributed by atoms with Gasteiger partial charge in [-0.15, -0.1) is 24.0 Å². The van der Waals surface area contributed by atoms with E-state index in [1.54, 1.807) is 6.26 Å². The zero-order valence-electron chi connectivity index (χ0n) is 15.5. The van der Waals surface area contributed by atoms with Gasteiger partial charge >= 0.3 is 0 Å². The third kappa shape index (κ3) is 7.01. The van der Waals surface area contributed by atoms with Gasteiger partial charge in [-0.25, -0.2) is 0 Å². The maximum absolute atomic E-state index is 5.66. The maximum atomic E-state index is 5.66. The molecule has 0 aromatic carbocycles. The highest BCUT2D eigenvalue weighted by molar-refractivity contribution is 14.0. The summed E-state index contributed by atoms with van der Waals surface area (Å²) in [6.45, 7) is 10.8. The standard InChI is InChI=1S/C18H32N4O.HI/c1-18(2,3)9-10-20-17(19-4)21-14-15(16-8-7-13-23-16)22-11-5-6-12-22;/h7-8,13,15H,5-6,9-12,14H2,1-4H3,(H2,19,20,21);1H. The van der Waals surface area contributed by atoms with E-state index in [1.165, 1.54) is 12.8 Å². The summed E-state index contributed by atoms with van der Waals surface area (Å²) in [5.74, 6) is 1.90. The molecule has 0 saturated carbocycles. The van der Waals surface area contributed by atoms with Gasteiger partial charge in [0, 0.05) is 20.1 Å². The van der Waals surface area contributed by atoms with Gasteiger partial charge in [0.15, 0.2) is 5.96 Å². The molecule has 1 atom stereocenters. The van der Waals surface area contributed by atoms with Crippen molar-refractivity contribution in [2.24, 2.45) is 10.4 Å². The third-order valence-corrected chi connectivity index (χ3v) is 4.31. The lowest BCUT2D eigenvalue weighted by molar-refractivity contribution is 0.215. The van der Waals surface area contributed by atoms with Crippen molar-refractivity contribution in [2.45, 2.75) is 46.1 Å². The molecule has 6 heteroatoms. The molecule has 1 aromatic heterocycles. The second-order valence-corrected chi connectivity index (χ2v) is 7.46. The summed E-state index contributed by atoms with van der Waals surface area (Å²) in [4.78, 5) is 6.83. The molecule has 0 amide bonds. The minimum atomic E-state index is 0. The summed E-state index contributed by atoms with van der Waals surface area (Å²) < 4.78 is 5.66. The van der Waals surface area contributed by atoms with Crippen LogP contribution in [0.25, 0.3) is 0 Å². The molecule has 1 saturated heterocycles. The van der Waals surface area contributed by atoms with Crippen LogP contribution in [0.5, 0.6) is 0 Å². The first-order valence-corrected chi connectivity index (χ1v) is 8.71. The molecule has 5 nitrogen and oxygen atoms in total. The van der Waals surface area contributed by atoms with Gasteiger partial charge in [-0.2, -0.15) is 0 Å². The van der Waals surface area contributed by atoms with Crippen molar-refractivity contribution in [3.8, 4) is 0 Å². The van der Waals surface area contributed by atoms with E-state index in [0.29, 0.717) is 5.41 Å². The first-order valence-electron chi connectivity index (χ1n) is 8.71. The molecule has 1 fully saturated rings. The van der Waals surface area contributed by atoms with Crippen molar-refractivity contribution in [1.82, 2.24) is 15.5 Å². The molecule has 0 bridgehead atoms. The molecular formula is C18H33IN4O. The molecule has 2 N–H and O–H groups in total. The van der Waals surface area contributed by atoms with Gasteiger partial charge in [-0.3, -0.25) is 9.89 Å². The van der Waals surface area contributed by atoms with E-state index in [0.717, 1.165) is 44.3 Å². The zero-order valence-corrected chi connectivity index (χ0v) is 17.8. The third-order valence-electron chi connectivity index (χ3n) is 4.31. The van der Waals surface area contributed by atoms with Gasteiger partial charge in [0.1, 0.15) is 5.76 Å². The molecule has 0 spiro atoms. The fourth-order valence-corrected chi connectivity index (χ4v) is 2.91. The fourth-order valence-electron chi connectivity index (χ4n) is 2.91. The van der Waals surface area contributed by atoms with E-state index in [4.69, 9.17) is 4.42 Å². The van der Waals surface area contributed by atoms with Crippen molar-refractivity contribution in [1.29, 1.82) is 0 Å². The molecule has 2 heterocycles. The van der Waals surface area contributed by atoms with Crippen LogP contribution in [0.15, 0.2) is 27.8 Å². The number of nitrogens with zero attached hydrogens (tertiary/aromatic N) is 2. The van der Waals surface area contributed by atoms with Crippen molar-refractivity contribution >= 4 is 29.9 Å². The van der Waals surface area contributed by atoms with Crippen LogP contribution in [0.3, 0.4) is 0 Å². The van der Waals surface area contributed by atoms with E-state index in [2.05, 4.69) is 47.4 Å². The minimum absolute atomic E-state index is 0. The Morgan fingerprint density at radius 3 is 2.54 bits per heavy atom. The number of guanidine groups is 1. The number of hydrogen-bond acceptors (Lipinski definition) is 3. The van der Waals surface area contributed by atoms with E-state index in [-0.39, 0.29) is 30.0 Å². The van der Waals surface area contributed by atoms with Crippen molar-refractivity contribution in [3.05, 3.63) is 24.2 Å². The highest BCUT2D eigenvalue weighted by atomic mass is 127. The average molecular weight is 448 g/mol. The van der Waals surface area contributed by atoms with Crippen LogP contribution in [0.2, 0.25) is 0 Å². The van der Waals surface area contributed by atoms with Crippen LogP contribution in [0.1, 0.15) is 51.8 Å². The molecule has 0 radical (unpaired) electrons. The van der Waals surface area contributed by atoms with Gasteiger partial charge in [-0.05, 0) is 49.9 Å². The number of nitrogens with one attached hydrogen (secondary N) is 2. The second kappa shape index (κ2) is 10.3. The van der Waals surface area contributed by atoms with Crippen molar-refractivity contribution in [3.63, 3.8) is 0 Å². The van der Waals surface area contributed by atoms with Gasteiger partial charge in [0.25, 0.3) is 0 Å². The largest absolute Gasteiger partial charge is 0.468 e. The number of rotatable bonds is 6. The van der Waals surface area contributed by atoms with E-state index < -0.39 is 0 Å².